The predicted molar refractivity (Wildman–Crippen MR) is 71.1 cm³/mol. The zero-order valence-electron chi connectivity index (χ0n) is 10.7. The fraction of sp³-hybridized carbons (Fsp3) is 0.357. The van der Waals surface area contributed by atoms with Gasteiger partial charge >= 0.3 is 0 Å². The first-order valence-corrected chi connectivity index (χ1v) is 6.56. The SMILES string of the molecule is Fc1cc2c(NC3CCNCC3)nccc2c(F)c1F. The van der Waals surface area contributed by atoms with E-state index in [1.54, 1.807) is 0 Å². The summed E-state index contributed by atoms with van der Waals surface area (Å²) in [5, 5.41) is 6.73. The second kappa shape index (κ2) is 5.28. The average molecular weight is 281 g/mol. The molecule has 0 amide bonds. The van der Waals surface area contributed by atoms with Gasteiger partial charge in [-0.05, 0) is 38.1 Å². The molecule has 1 aliphatic heterocycles. The Kier molecular flexibility index (Phi) is 3.48. The van der Waals surface area contributed by atoms with Gasteiger partial charge in [-0.2, -0.15) is 0 Å². The van der Waals surface area contributed by atoms with E-state index >= 15 is 0 Å². The van der Waals surface area contributed by atoms with Crippen molar-refractivity contribution in [2.75, 3.05) is 18.4 Å². The van der Waals surface area contributed by atoms with E-state index in [0.29, 0.717) is 5.82 Å². The molecule has 1 aromatic carbocycles. The van der Waals surface area contributed by atoms with Crippen LogP contribution in [0.5, 0.6) is 0 Å². The largest absolute Gasteiger partial charge is 0.367 e. The summed E-state index contributed by atoms with van der Waals surface area (Å²) in [6.07, 6.45) is 3.21. The molecule has 2 aromatic rings. The Morgan fingerprint density at radius 3 is 2.60 bits per heavy atom. The van der Waals surface area contributed by atoms with E-state index in [9.17, 15) is 13.2 Å². The molecular formula is C14H14F3N3. The van der Waals surface area contributed by atoms with Crippen LogP contribution in [0.4, 0.5) is 19.0 Å². The number of hydrogen-bond donors (Lipinski definition) is 2. The highest BCUT2D eigenvalue weighted by Gasteiger charge is 2.18. The number of piperidine rings is 1. The third-order valence-electron chi connectivity index (χ3n) is 3.58. The number of anilines is 1. The van der Waals surface area contributed by atoms with E-state index in [2.05, 4.69) is 15.6 Å². The van der Waals surface area contributed by atoms with E-state index in [1.807, 2.05) is 0 Å². The van der Waals surface area contributed by atoms with E-state index in [1.165, 1.54) is 12.3 Å². The molecule has 1 aliphatic rings. The van der Waals surface area contributed by atoms with E-state index in [0.717, 1.165) is 32.0 Å². The van der Waals surface area contributed by atoms with Gasteiger partial charge in [-0.15, -0.1) is 0 Å². The number of hydrogen-bond acceptors (Lipinski definition) is 3. The molecule has 1 fully saturated rings. The molecule has 0 saturated carbocycles. The maximum absolute atomic E-state index is 13.7. The van der Waals surface area contributed by atoms with Crippen LogP contribution in [0.1, 0.15) is 12.8 Å². The molecule has 2 N–H and O–H groups in total. The first kappa shape index (κ1) is 13.2. The van der Waals surface area contributed by atoms with Crippen LogP contribution in [-0.4, -0.2) is 24.1 Å². The Morgan fingerprint density at radius 2 is 1.85 bits per heavy atom. The topological polar surface area (TPSA) is 37.0 Å². The summed E-state index contributed by atoms with van der Waals surface area (Å²) in [6.45, 7) is 1.78. The normalized spacial score (nSPS) is 16.6. The van der Waals surface area contributed by atoms with Crippen LogP contribution in [0.15, 0.2) is 18.3 Å². The first-order chi connectivity index (χ1) is 9.66. The fourth-order valence-corrected chi connectivity index (χ4v) is 2.50. The van der Waals surface area contributed by atoms with Gasteiger partial charge in [0.15, 0.2) is 17.5 Å². The molecular weight excluding hydrogens is 267 g/mol. The summed E-state index contributed by atoms with van der Waals surface area (Å²) >= 11 is 0. The van der Waals surface area contributed by atoms with Crippen molar-refractivity contribution in [3.8, 4) is 0 Å². The van der Waals surface area contributed by atoms with Crippen molar-refractivity contribution >= 4 is 16.6 Å². The maximum atomic E-state index is 13.7. The van der Waals surface area contributed by atoms with Crippen molar-refractivity contribution in [1.29, 1.82) is 0 Å². The lowest BCUT2D eigenvalue weighted by Gasteiger charge is -2.24. The summed E-state index contributed by atoms with van der Waals surface area (Å²) in [5.74, 6) is -3.42. The van der Waals surface area contributed by atoms with Crippen molar-refractivity contribution < 1.29 is 13.2 Å². The highest BCUT2D eigenvalue weighted by atomic mass is 19.2. The number of benzene rings is 1. The van der Waals surface area contributed by atoms with Crippen LogP contribution in [-0.2, 0) is 0 Å². The van der Waals surface area contributed by atoms with Gasteiger partial charge < -0.3 is 10.6 Å². The second-order valence-corrected chi connectivity index (χ2v) is 4.91. The maximum Gasteiger partial charge on any atom is 0.195 e. The van der Waals surface area contributed by atoms with Gasteiger partial charge in [0.05, 0.1) is 0 Å². The third-order valence-corrected chi connectivity index (χ3v) is 3.58. The fourth-order valence-electron chi connectivity index (χ4n) is 2.50. The summed E-state index contributed by atoms with van der Waals surface area (Å²) in [4.78, 5) is 4.13. The summed E-state index contributed by atoms with van der Waals surface area (Å²) in [7, 11) is 0. The summed E-state index contributed by atoms with van der Waals surface area (Å²) in [5.41, 5.74) is 0. The predicted octanol–water partition coefficient (Wildman–Crippen LogP) is 2.82. The Balaban J connectivity index is 2.02. The number of nitrogens with zero attached hydrogens (tertiary/aromatic N) is 1. The number of nitrogens with one attached hydrogen (secondary N) is 2. The van der Waals surface area contributed by atoms with Crippen molar-refractivity contribution in [3.05, 3.63) is 35.8 Å². The molecule has 0 spiro atoms. The quantitative estimate of drug-likeness (QED) is 0.831. The minimum absolute atomic E-state index is 0.0373. The van der Waals surface area contributed by atoms with Gasteiger partial charge in [-0.1, -0.05) is 0 Å². The molecule has 1 saturated heterocycles. The molecule has 106 valence electrons. The monoisotopic (exact) mass is 281 g/mol. The van der Waals surface area contributed by atoms with Gasteiger partial charge in [0.25, 0.3) is 0 Å². The molecule has 0 atom stereocenters. The molecule has 3 rings (SSSR count). The standard InChI is InChI=1S/C14H14F3N3/c15-11-7-10-9(12(16)13(11)17)3-6-19-14(10)20-8-1-4-18-5-2-8/h3,6-8,18H,1-2,4-5H2,(H,19,20). The highest BCUT2D eigenvalue weighted by Crippen LogP contribution is 2.28. The minimum Gasteiger partial charge on any atom is -0.367 e. The zero-order chi connectivity index (χ0) is 14.1. The van der Waals surface area contributed by atoms with Crippen LogP contribution in [0, 0.1) is 17.5 Å². The molecule has 0 bridgehead atoms. The number of pyridine rings is 1. The number of fused-ring (bicyclic) bond motifs is 1. The molecule has 0 aliphatic carbocycles. The molecule has 2 heterocycles. The van der Waals surface area contributed by atoms with Gasteiger partial charge in [0, 0.05) is 23.0 Å². The van der Waals surface area contributed by atoms with Crippen LogP contribution in [0.25, 0.3) is 10.8 Å². The molecule has 6 heteroatoms. The molecule has 20 heavy (non-hydrogen) atoms. The molecule has 0 radical (unpaired) electrons. The van der Waals surface area contributed by atoms with Crippen molar-refractivity contribution in [1.82, 2.24) is 10.3 Å². The first-order valence-electron chi connectivity index (χ1n) is 6.56. The summed E-state index contributed by atoms with van der Waals surface area (Å²) < 4.78 is 40.4. The Morgan fingerprint density at radius 1 is 1.10 bits per heavy atom. The van der Waals surface area contributed by atoms with E-state index < -0.39 is 17.5 Å². The van der Waals surface area contributed by atoms with Gasteiger partial charge in [-0.25, -0.2) is 18.2 Å². The number of halogens is 3. The van der Waals surface area contributed by atoms with Crippen LogP contribution in [0.3, 0.4) is 0 Å². The molecule has 0 unspecified atom stereocenters. The minimum atomic E-state index is -1.45. The second-order valence-electron chi connectivity index (χ2n) is 4.91. The third kappa shape index (κ3) is 2.31. The van der Waals surface area contributed by atoms with Gasteiger partial charge in [0.1, 0.15) is 5.82 Å². The lowest BCUT2D eigenvalue weighted by Crippen LogP contribution is -2.35. The Hall–Kier alpha value is -1.82. The molecule has 1 aromatic heterocycles. The summed E-state index contributed by atoms with van der Waals surface area (Å²) in [6, 6.07) is 2.54. The highest BCUT2D eigenvalue weighted by molar-refractivity contribution is 5.92. The van der Waals surface area contributed by atoms with E-state index in [-0.39, 0.29) is 16.8 Å². The van der Waals surface area contributed by atoms with Crippen LogP contribution in [0.2, 0.25) is 0 Å². The van der Waals surface area contributed by atoms with Crippen LogP contribution < -0.4 is 10.6 Å². The van der Waals surface area contributed by atoms with Crippen molar-refractivity contribution in [3.63, 3.8) is 0 Å². The number of aromatic nitrogens is 1. The molecule has 3 nitrogen and oxygen atoms in total. The zero-order valence-corrected chi connectivity index (χ0v) is 10.7. The number of rotatable bonds is 2. The van der Waals surface area contributed by atoms with Gasteiger partial charge in [-0.3, -0.25) is 0 Å². The van der Waals surface area contributed by atoms with Gasteiger partial charge in [0.2, 0.25) is 0 Å². The van der Waals surface area contributed by atoms with Crippen molar-refractivity contribution in [2.45, 2.75) is 18.9 Å². The average Bonchev–Trinajstić information content (AvgIpc) is 2.47. The Bertz CT molecular complexity index is 639. The lowest BCUT2D eigenvalue weighted by molar-refractivity contribution is 0.453. The van der Waals surface area contributed by atoms with Crippen LogP contribution >= 0.6 is 0 Å². The van der Waals surface area contributed by atoms with Crippen molar-refractivity contribution in [2.24, 2.45) is 0 Å². The lowest BCUT2D eigenvalue weighted by atomic mass is 10.1. The van der Waals surface area contributed by atoms with E-state index in [4.69, 9.17) is 0 Å². The smallest absolute Gasteiger partial charge is 0.195 e. The Labute approximate surface area is 114 Å².